The number of rotatable bonds is 4. The zero-order chi connectivity index (χ0) is 15.5. The third-order valence-electron chi connectivity index (χ3n) is 3.00. The number of hydrogen-bond acceptors (Lipinski definition) is 3. The van der Waals surface area contributed by atoms with Crippen molar-refractivity contribution in [2.75, 3.05) is 0 Å². The molecule has 108 valence electrons. The second-order valence-corrected chi connectivity index (χ2v) is 7.10. The van der Waals surface area contributed by atoms with Gasteiger partial charge in [0.25, 0.3) is 0 Å². The number of nitriles is 1. The Morgan fingerprint density at radius 2 is 1.76 bits per heavy atom. The fourth-order valence-corrected chi connectivity index (χ4v) is 3.56. The van der Waals surface area contributed by atoms with E-state index in [9.17, 15) is 8.42 Å². The molecule has 0 heterocycles. The average Bonchev–Trinajstić information content (AvgIpc) is 2.47. The fraction of sp³-hybridized carbons (Fsp3) is 0.133. The lowest BCUT2D eigenvalue weighted by atomic mass is 10.1. The van der Waals surface area contributed by atoms with Gasteiger partial charge in [-0.25, -0.2) is 13.1 Å². The van der Waals surface area contributed by atoms with Gasteiger partial charge in [-0.15, -0.1) is 0 Å². The smallest absolute Gasteiger partial charge is 0.207 e. The first-order chi connectivity index (χ1) is 9.94. The van der Waals surface area contributed by atoms with Gasteiger partial charge >= 0.3 is 0 Å². The fourth-order valence-electron chi connectivity index (χ4n) is 1.91. The minimum atomic E-state index is -3.74. The van der Waals surface area contributed by atoms with E-state index in [1.54, 1.807) is 19.1 Å². The summed E-state index contributed by atoms with van der Waals surface area (Å²) >= 11 is 3.34. The van der Waals surface area contributed by atoms with Crippen LogP contribution < -0.4 is 4.72 Å². The molecule has 2 aromatic rings. The molecule has 1 N–H and O–H groups in total. The van der Waals surface area contributed by atoms with Gasteiger partial charge in [0.2, 0.25) is 10.0 Å². The maximum atomic E-state index is 12.4. The normalized spacial score (nSPS) is 12.6. The SMILES string of the molecule is CC(NS(=O)(=O)c1ccccc1C#N)c1ccc(Br)cc1. The number of halogens is 1. The molecule has 0 aliphatic heterocycles. The highest BCUT2D eigenvalue weighted by molar-refractivity contribution is 9.10. The summed E-state index contributed by atoms with van der Waals surface area (Å²) in [6, 6.07) is 15.0. The van der Waals surface area contributed by atoms with Crippen LogP contribution in [-0.4, -0.2) is 8.42 Å². The third-order valence-corrected chi connectivity index (χ3v) is 5.13. The Morgan fingerprint density at radius 3 is 2.38 bits per heavy atom. The van der Waals surface area contributed by atoms with Crippen molar-refractivity contribution in [1.29, 1.82) is 5.26 Å². The number of hydrogen-bond donors (Lipinski definition) is 1. The lowest BCUT2D eigenvalue weighted by Crippen LogP contribution is -2.27. The Kier molecular flexibility index (Phi) is 4.78. The van der Waals surface area contributed by atoms with Gasteiger partial charge in [0, 0.05) is 10.5 Å². The summed E-state index contributed by atoms with van der Waals surface area (Å²) in [6.07, 6.45) is 0. The molecular weight excluding hydrogens is 352 g/mol. The lowest BCUT2D eigenvalue weighted by Gasteiger charge is -2.15. The van der Waals surface area contributed by atoms with E-state index in [0.29, 0.717) is 0 Å². The van der Waals surface area contributed by atoms with Crippen LogP contribution >= 0.6 is 15.9 Å². The summed E-state index contributed by atoms with van der Waals surface area (Å²) in [6.45, 7) is 1.76. The molecule has 6 heteroatoms. The highest BCUT2D eigenvalue weighted by Crippen LogP contribution is 2.20. The lowest BCUT2D eigenvalue weighted by molar-refractivity contribution is 0.566. The van der Waals surface area contributed by atoms with Gasteiger partial charge in [-0.3, -0.25) is 0 Å². The van der Waals surface area contributed by atoms with Crippen LogP contribution in [0.3, 0.4) is 0 Å². The Labute approximate surface area is 132 Å². The van der Waals surface area contributed by atoms with Gasteiger partial charge in [0.1, 0.15) is 6.07 Å². The summed E-state index contributed by atoms with van der Waals surface area (Å²) in [5.74, 6) is 0. The summed E-state index contributed by atoms with van der Waals surface area (Å²) in [5, 5.41) is 9.02. The van der Waals surface area contributed by atoms with Crippen LogP contribution in [0.2, 0.25) is 0 Å². The van der Waals surface area contributed by atoms with Crippen molar-refractivity contribution in [3.63, 3.8) is 0 Å². The maximum Gasteiger partial charge on any atom is 0.242 e. The largest absolute Gasteiger partial charge is 0.242 e. The minimum absolute atomic E-state index is 0.00328. The molecule has 0 saturated carbocycles. The number of sulfonamides is 1. The summed E-state index contributed by atoms with van der Waals surface area (Å²) in [7, 11) is -3.74. The molecule has 0 fully saturated rings. The Balaban J connectivity index is 2.29. The standard InChI is InChI=1S/C15H13BrN2O2S/c1-11(12-6-8-14(16)9-7-12)18-21(19,20)15-5-3-2-4-13(15)10-17/h2-9,11,18H,1H3. The van der Waals surface area contributed by atoms with Crippen LogP contribution in [0.15, 0.2) is 57.9 Å². The monoisotopic (exact) mass is 364 g/mol. The molecule has 0 amide bonds. The average molecular weight is 365 g/mol. The number of benzene rings is 2. The van der Waals surface area contributed by atoms with E-state index in [1.165, 1.54) is 12.1 Å². The van der Waals surface area contributed by atoms with E-state index in [0.717, 1.165) is 10.0 Å². The molecule has 2 rings (SSSR count). The van der Waals surface area contributed by atoms with Crippen LogP contribution in [0, 0.1) is 11.3 Å². The van der Waals surface area contributed by atoms with Gasteiger partial charge in [-0.2, -0.15) is 5.26 Å². The molecule has 0 saturated heterocycles. The molecule has 0 spiro atoms. The van der Waals surface area contributed by atoms with E-state index < -0.39 is 16.1 Å². The van der Waals surface area contributed by atoms with Crippen LogP contribution in [0.25, 0.3) is 0 Å². The number of nitrogens with one attached hydrogen (secondary N) is 1. The number of nitrogens with zero attached hydrogens (tertiary/aromatic N) is 1. The van der Waals surface area contributed by atoms with Gasteiger partial charge in [-0.05, 0) is 36.8 Å². The van der Waals surface area contributed by atoms with Crippen molar-refractivity contribution in [3.8, 4) is 6.07 Å². The Hall–Kier alpha value is -1.68. The second kappa shape index (κ2) is 6.39. The quantitative estimate of drug-likeness (QED) is 0.903. The minimum Gasteiger partial charge on any atom is -0.207 e. The predicted molar refractivity (Wildman–Crippen MR) is 84.0 cm³/mol. The predicted octanol–water partition coefficient (Wildman–Crippen LogP) is 3.36. The molecule has 0 radical (unpaired) electrons. The van der Waals surface area contributed by atoms with Crippen LogP contribution in [0.1, 0.15) is 24.1 Å². The summed E-state index contributed by atoms with van der Waals surface area (Å²) in [4.78, 5) is -0.00328. The summed E-state index contributed by atoms with van der Waals surface area (Å²) in [5.41, 5.74) is 0.976. The molecule has 1 unspecified atom stereocenters. The maximum absolute atomic E-state index is 12.4. The zero-order valence-corrected chi connectivity index (χ0v) is 13.6. The Bertz CT molecular complexity index is 780. The van der Waals surface area contributed by atoms with Crippen molar-refractivity contribution in [2.24, 2.45) is 0 Å². The van der Waals surface area contributed by atoms with E-state index in [4.69, 9.17) is 5.26 Å². The van der Waals surface area contributed by atoms with E-state index in [-0.39, 0.29) is 10.5 Å². The molecule has 2 aromatic carbocycles. The van der Waals surface area contributed by atoms with E-state index in [1.807, 2.05) is 30.3 Å². The van der Waals surface area contributed by atoms with Crippen LogP contribution in [0.4, 0.5) is 0 Å². The molecule has 0 bridgehead atoms. The first-order valence-corrected chi connectivity index (χ1v) is 8.48. The highest BCUT2D eigenvalue weighted by atomic mass is 79.9. The third kappa shape index (κ3) is 3.70. The first-order valence-electron chi connectivity index (χ1n) is 6.21. The van der Waals surface area contributed by atoms with Crippen LogP contribution in [0.5, 0.6) is 0 Å². The highest BCUT2D eigenvalue weighted by Gasteiger charge is 2.21. The molecule has 4 nitrogen and oxygen atoms in total. The van der Waals surface area contributed by atoms with E-state index >= 15 is 0 Å². The molecular formula is C15H13BrN2O2S. The Morgan fingerprint density at radius 1 is 1.14 bits per heavy atom. The topological polar surface area (TPSA) is 70.0 Å². The van der Waals surface area contributed by atoms with E-state index in [2.05, 4.69) is 20.7 Å². The second-order valence-electron chi connectivity index (χ2n) is 4.50. The van der Waals surface area contributed by atoms with Crippen molar-refractivity contribution in [3.05, 3.63) is 64.1 Å². The first kappa shape index (κ1) is 15.7. The van der Waals surface area contributed by atoms with Gasteiger partial charge < -0.3 is 0 Å². The molecule has 21 heavy (non-hydrogen) atoms. The molecule has 0 aliphatic carbocycles. The molecule has 0 aromatic heterocycles. The van der Waals surface area contributed by atoms with Crippen LogP contribution in [-0.2, 0) is 10.0 Å². The van der Waals surface area contributed by atoms with Gasteiger partial charge in [0.15, 0.2) is 0 Å². The van der Waals surface area contributed by atoms with Crippen molar-refractivity contribution < 1.29 is 8.42 Å². The summed E-state index contributed by atoms with van der Waals surface area (Å²) < 4.78 is 28.3. The zero-order valence-electron chi connectivity index (χ0n) is 11.2. The van der Waals surface area contributed by atoms with Gasteiger partial charge in [0.05, 0.1) is 10.5 Å². The molecule has 0 aliphatic rings. The van der Waals surface area contributed by atoms with Crippen molar-refractivity contribution in [2.45, 2.75) is 17.9 Å². The van der Waals surface area contributed by atoms with Crippen molar-refractivity contribution in [1.82, 2.24) is 4.72 Å². The molecule has 1 atom stereocenters. The van der Waals surface area contributed by atoms with Crippen molar-refractivity contribution >= 4 is 26.0 Å². The van der Waals surface area contributed by atoms with Gasteiger partial charge in [-0.1, -0.05) is 40.2 Å².